The Morgan fingerprint density at radius 1 is 1.22 bits per heavy atom. The highest BCUT2D eigenvalue weighted by Crippen LogP contribution is 2.31. The topological polar surface area (TPSA) is 53.4 Å². The molecule has 0 aliphatic carbocycles. The van der Waals surface area contributed by atoms with Crippen LogP contribution in [0.1, 0.15) is 18.3 Å². The van der Waals surface area contributed by atoms with Gasteiger partial charge in [-0.15, -0.1) is 0 Å². The van der Waals surface area contributed by atoms with Crippen LogP contribution in [0.25, 0.3) is 11.0 Å². The molecule has 1 fully saturated rings. The first-order valence-electron chi connectivity index (χ1n) is 8.89. The van der Waals surface area contributed by atoms with Gasteiger partial charge in [0.25, 0.3) is 0 Å². The van der Waals surface area contributed by atoms with Crippen LogP contribution in [0.2, 0.25) is 0 Å². The van der Waals surface area contributed by atoms with Crippen molar-refractivity contribution >= 4 is 16.9 Å². The van der Waals surface area contributed by atoms with E-state index in [1.54, 1.807) is 11.6 Å². The number of fused-ring (bicyclic) bond motifs is 1. The minimum atomic E-state index is -4.40. The molecule has 2 heterocycles. The zero-order valence-corrected chi connectivity index (χ0v) is 15.7. The molecule has 1 aromatic carbocycles. The number of amides is 1. The number of halogens is 3. The van der Waals surface area contributed by atoms with Crippen molar-refractivity contribution in [3.8, 4) is 0 Å². The van der Waals surface area contributed by atoms with E-state index in [9.17, 15) is 18.0 Å². The normalized spacial score (nSPS) is 18.0. The van der Waals surface area contributed by atoms with Crippen LogP contribution in [0.5, 0.6) is 0 Å². The summed E-state index contributed by atoms with van der Waals surface area (Å²) >= 11 is 0. The maximum Gasteiger partial charge on any atom is 0.416 e. The first kappa shape index (κ1) is 19.6. The van der Waals surface area contributed by atoms with Crippen molar-refractivity contribution in [1.82, 2.24) is 24.7 Å². The van der Waals surface area contributed by atoms with E-state index in [0.29, 0.717) is 11.3 Å². The Labute approximate surface area is 155 Å². The predicted molar refractivity (Wildman–Crippen MR) is 96.1 cm³/mol. The highest BCUT2D eigenvalue weighted by Gasteiger charge is 2.31. The summed E-state index contributed by atoms with van der Waals surface area (Å²) in [5.41, 5.74) is 0.135. The summed E-state index contributed by atoms with van der Waals surface area (Å²) in [6.45, 7) is 5.54. The number of nitrogens with one attached hydrogen (secondary N) is 1. The molecule has 1 aromatic heterocycles. The van der Waals surface area contributed by atoms with Crippen LogP contribution < -0.4 is 5.32 Å². The number of imidazole rings is 1. The lowest BCUT2D eigenvalue weighted by molar-refractivity contribution is -0.137. The summed E-state index contributed by atoms with van der Waals surface area (Å²) in [4.78, 5) is 21.1. The maximum atomic E-state index is 12.9. The van der Waals surface area contributed by atoms with E-state index in [1.807, 2.05) is 6.92 Å². The van der Waals surface area contributed by atoms with Gasteiger partial charge < -0.3 is 14.8 Å². The fourth-order valence-electron chi connectivity index (χ4n) is 3.27. The van der Waals surface area contributed by atoms with E-state index in [2.05, 4.69) is 27.1 Å². The van der Waals surface area contributed by atoms with E-state index in [0.717, 1.165) is 38.3 Å². The molecule has 3 rings (SSSR count). The Bertz CT molecular complexity index is 824. The van der Waals surface area contributed by atoms with Crippen LogP contribution in [0.4, 0.5) is 13.2 Å². The molecule has 9 heteroatoms. The quantitative estimate of drug-likeness (QED) is 0.876. The Kier molecular flexibility index (Phi) is 5.43. The number of aromatic nitrogens is 2. The minimum absolute atomic E-state index is 0.109. The van der Waals surface area contributed by atoms with Gasteiger partial charge in [0.05, 0.1) is 29.2 Å². The van der Waals surface area contributed by atoms with Crippen molar-refractivity contribution in [1.29, 1.82) is 0 Å². The van der Waals surface area contributed by atoms with E-state index in [-0.39, 0.29) is 24.0 Å². The molecule has 1 amide bonds. The molecule has 0 bridgehead atoms. The Morgan fingerprint density at radius 2 is 1.89 bits per heavy atom. The number of benzene rings is 1. The molecule has 1 N–H and O–H groups in total. The van der Waals surface area contributed by atoms with E-state index in [4.69, 9.17) is 0 Å². The van der Waals surface area contributed by atoms with Crippen molar-refractivity contribution < 1.29 is 18.0 Å². The molecule has 27 heavy (non-hydrogen) atoms. The number of nitrogens with zero attached hydrogens (tertiary/aromatic N) is 4. The fraction of sp³-hybridized carbons (Fsp3) is 0.556. The molecule has 1 atom stereocenters. The van der Waals surface area contributed by atoms with E-state index >= 15 is 0 Å². The molecule has 0 saturated carbocycles. The first-order valence-corrected chi connectivity index (χ1v) is 8.89. The van der Waals surface area contributed by atoms with Crippen molar-refractivity contribution in [2.45, 2.75) is 25.7 Å². The summed E-state index contributed by atoms with van der Waals surface area (Å²) in [6, 6.07) is 3.23. The second-order valence-electron chi connectivity index (χ2n) is 7.02. The molecule has 0 spiro atoms. The smallest absolute Gasteiger partial charge is 0.348 e. The van der Waals surface area contributed by atoms with Crippen LogP contribution in [-0.4, -0.2) is 64.5 Å². The van der Waals surface area contributed by atoms with Crippen molar-refractivity contribution in [2.24, 2.45) is 7.05 Å². The average molecular weight is 383 g/mol. The van der Waals surface area contributed by atoms with Gasteiger partial charge in [-0.1, -0.05) is 0 Å². The Balaban J connectivity index is 1.67. The number of piperazine rings is 1. The number of hydrogen-bond donors (Lipinski definition) is 1. The molecule has 6 nitrogen and oxygen atoms in total. The highest BCUT2D eigenvalue weighted by molar-refractivity contribution is 5.81. The monoisotopic (exact) mass is 383 g/mol. The van der Waals surface area contributed by atoms with Crippen LogP contribution >= 0.6 is 0 Å². The number of carbonyl (C=O) groups excluding carboxylic acids is 1. The summed E-state index contributed by atoms with van der Waals surface area (Å²) in [6.07, 6.45) is -4.40. The van der Waals surface area contributed by atoms with Gasteiger partial charge in [0.1, 0.15) is 5.82 Å². The van der Waals surface area contributed by atoms with Crippen LogP contribution in [0.15, 0.2) is 18.2 Å². The molecule has 1 aliphatic heterocycles. The van der Waals surface area contributed by atoms with Crippen molar-refractivity contribution in [3.63, 3.8) is 0 Å². The maximum absolute atomic E-state index is 12.9. The van der Waals surface area contributed by atoms with Crippen molar-refractivity contribution in [3.05, 3.63) is 29.6 Å². The average Bonchev–Trinajstić information content (AvgIpc) is 2.94. The first-order chi connectivity index (χ1) is 12.7. The lowest BCUT2D eigenvalue weighted by Crippen LogP contribution is -2.52. The molecule has 1 saturated heterocycles. The molecular formula is C18H24F3N5O. The van der Waals surface area contributed by atoms with Crippen LogP contribution in [0.3, 0.4) is 0 Å². The van der Waals surface area contributed by atoms with Gasteiger partial charge in [-0.3, -0.25) is 9.69 Å². The van der Waals surface area contributed by atoms with Crippen molar-refractivity contribution in [2.75, 3.05) is 33.2 Å². The second kappa shape index (κ2) is 7.47. The number of aryl methyl sites for hydroxylation is 1. The lowest BCUT2D eigenvalue weighted by Gasteiger charge is -2.35. The SMILES string of the molecule is CC(C(=O)NCc1nc2cc(C(F)(F)F)ccc2n1C)N1CCN(C)CC1. The van der Waals surface area contributed by atoms with Gasteiger partial charge in [-0.05, 0) is 32.2 Å². The van der Waals surface area contributed by atoms with Crippen LogP contribution in [0, 0.1) is 0 Å². The number of likely N-dealkylation sites (N-methyl/N-ethyl adjacent to an activating group) is 1. The van der Waals surface area contributed by atoms with Gasteiger partial charge in [0.2, 0.25) is 5.91 Å². The summed E-state index contributed by atoms with van der Waals surface area (Å²) in [5, 5.41) is 2.85. The lowest BCUT2D eigenvalue weighted by atomic mass is 10.2. The molecule has 1 unspecified atom stereocenters. The third kappa shape index (κ3) is 4.24. The third-order valence-corrected chi connectivity index (χ3v) is 5.19. The zero-order valence-electron chi connectivity index (χ0n) is 15.7. The molecular weight excluding hydrogens is 359 g/mol. The molecule has 0 radical (unpaired) electrons. The largest absolute Gasteiger partial charge is 0.416 e. The summed E-state index contributed by atoms with van der Waals surface area (Å²) < 4.78 is 40.3. The van der Waals surface area contributed by atoms with E-state index < -0.39 is 11.7 Å². The predicted octanol–water partition coefficient (Wildman–Crippen LogP) is 1.84. The highest BCUT2D eigenvalue weighted by atomic mass is 19.4. The second-order valence-corrected chi connectivity index (χ2v) is 7.02. The van der Waals surface area contributed by atoms with Gasteiger partial charge in [0, 0.05) is 33.2 Å². The Hall–Kier alpha value is -2.13. The third-order valence-electron chi connectivity index (χ3n) is 5.19. The molecule has 2 aromatic rings. The number of rotatable bonds is 4. The van der Waals surface area contributed by atoms with Gasteiger partial charge >= 0.3 is 6.18 Å². The van der Waals surface area contributed by atoms with E-state index in [1.165, 1.54) is 6.07 Å². The standard InChI is InChI=1S/C18H24F3N5O/c1-12(26-8-6-24(2)7-9-26)17(27)22-11-16-23-14-10-13(18(19,20)21)4-5-15(14)25(16)3/h4-5,10,12H,6-9,11H2,1-3H3,(H,22,27). The summed E-state index contributed by atoms with van der Waals surface area (Å²) in [7, 11) is 3.78. The van der Waals surface area contributed by atoms with Gasteiger partial charge in [-0.2, -0.15) is 13.2 Å². The molecule has 148 valence electrons. The number of hydrogen-bond acceptors (Lipinski definition) is 4. The molecule has 1 aliphatic rings. The summed E-state index contributed by atoms with van der Waals surface area (Å²) in [5.74, 6) is 0.408. The van der Waals surface area contributed by atoms with Gasteiger partial charge in [-0.25, -0.2) is 4.98 Å². The minimum Gasteiger partial charge on any atom is -0.348 e. The number of carbonyl (C=O) groups is 1. The van der Waals surface area contributed by atoms with Gasteiger partial charge in [0.15, 0.2) is 0 Å². The van der Waals surface area contributed by atoms with Crippen LogP contribution in [-0.2, 0) is 24.6 Å². The zero-order chi connectivity index (χ0) is 19.8. The number of alkyl halides is 3. The Morgan fingerprint density at radius 3 is 2.52 bits per heavy atom. The fourth-order valence-corrected chi connectivity index (χ4v) is 3.27.